The molecule has 506 valence electrons. The van der Waals surface area contributed by atoms with Gasteiger partial charge < -0.3 is 20.3 Å². The van der Waals surface area contributed by atoms with Crippen molar-refractivity contribution in [3.05, 3.63) is 12.2 Å². The smallest absolute Gasteiger partial charge is 0.305 e. The van der Waals surface area contributed by atoms with Gasteiger partial charge in [-0.3, -0.25) is 9.59 Å². The molecule has 0 saturated carbocycles. The van der Waals surface area contributed by atoms with E-state index in [-0.39, 0.29) is 18.5 Å². The Balaban J connectivity index is 3.36. The molecule has 0 aromatic carbocycles. The predicted molar refractivity (Wildman–Crippen MR) is 375 cm³/mol. The van der Waals surface area contributed by atoms with Gasteiger partial charge in [0.1, 0.15) is 0 Å². The maximum absolute atomic E-state index is 12.5. The third-order valence-electron chi connectivity index (χ3n) is 18.8. The van der Waals surface area contributed by atoms with Crippen molar-refractivity contribution >= 4 is 11.9 Å². The molecule has 0 aromatic rings. The van der Waals surface area contributed by atoms with Gasteiger partial charge in [-0.2, -0.15) is 0 Å². The number of nitrogens with one attached hydrogen (secondary N) is 1. The number of aliphatic hydroxyl groups is 2. The lowest BCUT2D eigenvalue weighted by Gasteiger charge is -2.20. The highest BCUT2D eigenvalue weighted by molar-refractivity contribution is 5.76. The zero-order chi connectivity index (χ0) is 61.3. The fraction of sp³-hybridized carbons (Fsp3) is 0.949. The van der Waals surface area contributed by atoms with Crippen molar-refractivity contribution in [1.82, 2.24) is 5.32 Å². The number of carbonyl (C=O) groups is 2. The molecule has 0 rings (SSSR count). The molecule has 0 saturated heterocycles. The highest BCUT2D eigenvalue weighted by Gasteiger charge is 2.18. The van der Waals surface area contributed by atoms with E-state index in [0.717, 1.165) is 38.5 Å². The SMILES string of the molecule is CCCCCCCCCCCCCCCCCCCCCCC/C=C/C(O)C(CO)NC(=O)CCCCCCCCCCCCCCCCCCCCCCCCCCCCOC(=O)CCCCCCCCCCCCCCCCCCCCC. The number of esters is 1. The van der Waals surface area contributed by atoms with Gasteiger partial charge in [0.05, 0.1) is 25.4 Å². The monoisotopic (exact) mass is 1200 g/mol. The van der Waals surface area contributed by atoms with Crippen LogP contribution in [0.15, 0.2) is 12.2 Å². The summed E-state index contributed by atoms with van der Waals surface area (Å²) < 4.78 is 5.52. The second-order valence-electron chi connectivity index (χ2n) is 27.4. The van der Waals surface area contributed by atoms with E-state index in [0.29, 0.717) is 19.4 Å². The van der Waals surface area contributed by atoms with Crippen LogP contribution in [-0.2, 0) is 14.3 Å². The topological polar surface area (TPSA) is 95.9 Å². The molecule has 0 fully saturated rings. The van der Waals surface area contributed by atoms with Crippen molar-refractivity contribution in [2.75, 3.05) is 13.2 Å². The van der Waals surface area contributed by atoms with Crippen LogP contribution in [-0.4, -0.2) is 47.4 Å². The lowest BCUT2D eigenvalue weighted by Crippen LogP contribution is -2.45. The molecule has 0 aliphatic heterocycles. The Hall–Kier alpha value is -1.40. The van der Waals surface area contributed by atoms with Crippen LogP contribution in [0.3, 0.4) is 0 Å². The second kappa shape index (κ2) is 75.1. The minimum Gasteiger partial charge on any atom is -0.466 e. The molecule has 1 amide bonds. The molecular weight excluding hydrogens is 1040 g/mol. The number of allylic oxidation sites excluding steroid dienone is 1. The predicted octanol–water partition coefficient (Wildman–Crippen LogP) is 25.9. The third-order valence-corrected chi connectivity index (χ3v) is 18.8. The van der Waals surface area contributed by atoms with Crippen LogP contribution in [0.1, 0.15) is 457 Å². The maximum Gasteiger partial charge on any atom is 0.305 e. The van der Waals surface area contributed by atoms with Crippen LogP contribution in [0.2, 0.25) is 0 Å². The third kappa shape index (κ3) is 71.6. The summed E-state index contributed by atoms with van der Waals surface area (Å²) in [5.74, 6) is -0.0370. The van der Waals surface area contributed by atoms with Gasteiger partial charge in [-0.05, 0) is 32.1 Å². The van der Waals surface area contributed by atoms with E-state index in [4.69, 9.17) is 4.74 Å². The zero-order valence-corrected chi connectivity index (χ0v) is 58.1. The molecule has 0 aromatic heterocycles. The summed E-state index contributed by atoms with van der Waals surface area (Å²) in [4.78, 5) is 24.7. The van der Waals surface area contributed by atoms with Gasteiger partial charge in [0.2, 0.25) is 5.91 Å². The van der Waals surface area contributed by atoms with E-state index in [9.17, 15) is 19.8 Å². The Morgan fingerprint density at radius 2 is 0.541 bits per heavy atom. The summed E-state index contributed by atoms with van der Waals surface area (Å²) >= 11 is 0. The molecular formula is C79H155NO5. The van der Waals surface area contributed by atoms with Crippen LogP contribution in [0, 0.1) is 0 Å². The van der Waals surface area contributed by atoms with Gasteiger partial charge in [-0.25, -0.2) is 0 Å². The zero-order valence-electron chi connectivity index (χ0n) is 58.1. The lowest BCUT2D eigenvalue weighted by atomic mass is 10.0. The molecule has 0 spiro atoms. The first-order chi connectivity index (χ1) is 42.0. The van der Waals surface area contributed by atoms with E-state index in [1.54, 1.807) is 6.08 Å². The van der Waals surface area contributed by atoms with Crippen LogP contribution < -0.4 is 5.32 Å². The summed E-state index contributed by atoms with van der Waals surface area (Å²) in [6, 6.07) is -0.627. The Morgan fingerprint density at radius 3 is 0.800 bits per heavy atom. The molecule has 6 nitrogen and oxygen atoms in total. The van der Waals surface area contributed by atoms with Crippen LogP contribution in [0.25, 0.3) is 0 Å². The number of ether oxygens (including phenoxy) is 1. The Labute approximate surface area is 533 Å². The van der Waals surface area contributed by atoms with Crippen molar-refractivity contribution in [2.45, 2.75) is 469 Å². The van der Waals surface area contributed by atoms with Gasteiger partial charge in [0.15, 0.2) is 0 Å². The van der Waals surface area contributed by atoms with Crippen molar-refractivity contribution < 1.29 is 24.5 Å². The van der Waals surface area contributed by atoms with E-state index in [1.165, 1.54) is 392 Å². The molecule has 0 bridgehead atoms. The van der Waals surface area contributed by atoms with Gasteiger partial charge >= 0.3 is 5.97 Å². The first kappa shape index (κ1) is 83.6. The molecule has 2 atom stereocenters. The number of amides is 1. The van der Waals surface area contributed by atoms with E-state index >= 15 is 0 Å². The van der Waals surface area contributed by atoms with Crippen molar-refractivity contribution in [1.29, 1.82) is 0 Å². The molecule has 0 heterocycles. The number of hydrogen-bond donors (Lipinski definition) is 3. The van der Waals surface area contributed by atoms with Crippen molar-refractivity contribution in [3.8, 4) is 0 Å². The number of aliphatic hydroxyl groups excluding tert-OH is 2. The molecule has 2 unspecified atom stereocenters. The van der Waals surface area contributed by atoms with Crippen LogP contribution in [0.5, 0.6) is 0 Å². The Kier molecular flexibility index (Phi) is 73.8. The Bertz CT molecular complexity index is 1290. The minimum atomic E-state index is -0.844. The summed E-state index contributed by atoms with van der Waals surface area (Å²) in [6.07, 6.45) is 94.7. The fourth-order valence-corrected chi connectivity index (χ4v) is 12.8. The molecule has 0 radical (unpaired) electrons. The van der Waals surface area contributed by atoms with Crippen molar-refractivity contribution in [2.24, 2.45) is 0 Å². The van der Waals surface area contributed by atoms with Gasteiger partial charge in [0, 0.05) is 12.8 Å². The van der Waals surface area contributed by atoms with Crippen LogP contribution >= 0.6 is 0 Å². The van der Waals surface area contributed by atoms with E-state index < -0.39 is 12.1 Å². The van der Waals surface area contributed by atoms with E-state index in [2.05, 4.69) is 19.2 Å². The fourth-order valence-electron chi connectivity index (χ4n) is 12.8. The van der Waals surface area contributed by atoms with Gasteiger partial charge in [-0.15, -0.1) is 0 Å². The number of carbonyl (C=O) groups excluding carboxylic acids is 2. The standard InChI is InChI=1S/C79H155NO5/c1-3-5-7-9-11-13-15-17-19-21-23-24-29-32-36-39-43-47-51-55-59-63-67-71-77(82)76(75-81)80-78(83)72-68-64-60-56-52-48-44-40-37-33-30-27-25-26-28-31-34-38-42-46-50-54-58-62-66-70-74-85-79(84)73-69-65-61-57-53-49-45-41-35-22-20-18-16-14-12-10-8-6-4-2/h67,71,76-77,81-82H,3-66,68-70,72-75H2,1-2H3,(H,80,83)/b71-67+. The maximum atomic E-state index is 12.5. The van der Waals surface area contributed by atoms with Crippen molar-refractivity contribution in [3.63, 3.8) is 0 Å². The normalized spacial score (nSPS) is 12.5. The Morgan fingerprint density at radius 1 is 0.318 bits per heavy atom. The minimum absolute atomic E-state index is 0.0231. The summed E-state index contributed by atoms with van der Waals surface area (Å²) in [5, 5.41) is 23.3. The molecule has 85 heavy (non-hydrogen) atoms. The average molecular weight is 1200 g/mol. The molecule has 6 heteroatoms. The quantitative estimate of drug-likeness (QED) is 0.0320. The summed E-state index contributed by atoms with van der Waals surface area (Å²) in [5.41, 5.74) is 0. The number of hydrogen-bond acceptors (Lipinski definition) is 5. The first-order valence-electron chi connectivity index (χ1n) is 39.5. The highest BCUT2D eigenvalue weighted by atomic mass is 16.5. The second-order valence-corrected chi connectivity index (χ2v) is 27.4. The van der Waals surface area contributed by atoms with Crippen LogP contribution in [0.4, 0.5) is 0 Å². The molecule has 0 aliphatic carbocycles. The lowest BCUT2D eigenvalue weighted by molar-refractivity contribution is -0.143. The first-order valence-corrected chi connectivity index (χ1v) is 39.5. The number of rotatable bonds is 75. The number of unbranched alkanes of at least 4 members (excludes halogenated alkanes) is 64. The van der Waals surface area contributed by atoms with E-state index in [1.807, 2.05) is 6.08 Å². The average Bonchev–Trinajstić information content (AvgIpc) is 3.51. The summed E-state index contributed by atoms with van der Waals surface area (Å²) in [7, 11) is 0. The molecule has 0 aliphatic rings. The van der Waals surface area contributed by atoms with Gasteiger partial charge in [-0.1, -0.05) is 424 Å². The molecule has 3 N–H and O–H groups in total. The van der Waals surface area contributed by atoms with Gasteiger partial charge in [0.25, 0.3) is 0 Å². The summed E-state index contributed by atoms with van der Waals surface area (Å²) in [6.45, 7) is 4.97. The highest BCUT2D eigenvalue weighted by Crippen LogP contribution is 2.20. The largest absolute Gasteiger partial charge is 0.466 e.